The number of fused-ring (bicyclic) bond motifs is 1. The molecule has 0 N–H and O–H groups in total. The number of nitrogens with zero attached hydrogens (tertiary/aromatic N) is 4. The molecule has 4 rings (SSSR count). The summed E-state index contributed by atoms with van der Waals surface area (Å²) in [6, 6.07) is 8.35. The van der Waals surface area contributed by atoms with Crippen LogP contribution in [-0.2, 0) is 4.79 Å². The topological polar surface area (TPSA) is 39.7 Å². The molecule has 144 valence electrons. The number of benzene rings is 1. The Labute approximate surface area is 165 Å². The van der Waals surface area contributed by atoms with Crippen LogP contribution < -0.4 is 4.90 Å². The second kappa shape index (κ2) is 8.03. The number of likely N-dealkylation sites (tertiary alicyclic amines) is 1. The summed E-state index contributed by atoms with van der Waals surface area (Å²) in [5.74, 6) is 0.291. The van der Waals surface area contributed by atoms with E-state index in [2.05, 4.69) is 32.7 Å². The predicted octanol–water partition coefficient (Wildman–Crippen LogP) is 3.41. The second-order valence-electron chi connectivity index (χ2n) is 7.69. The third-order valence-electron chi connectivity index (χ3n) is 5.88. The largest absolute Gasteiger partial charge is 0.368 e. The number of hydrogen-bond acceptors (Lipinski definition) is 4. The highest BCUT2D eigenvalue weighted by molar-refractivity contribution is 6.31. The second-order valence-corrected chi connectivity index (χ2v) is 8.12. The number of piperidine rings is 1. The average molecular weight is 387 g/mol. The SMILES string of the molecule is CC1CCCCN1C(=O)CN1CCN(c2ccnc3cc(Cl)ccc23)CC1. The van der Waals surface area contributed by atoms with Gasteiger partial charge in [0.05, 0.1) is 12.1 Å². The Morgan fingerprint density at radius 1 is 1.15 bits per heavy atom. The van der Waals surface area contributed by atoms with Crippen molar-refractivity contribution in [3.8, 4) is 0 Å². The highest BCUT2D eigenvalue weighted by atomic mass is 35.5. The van der Waals surface area contributed by atoms with Crippen LogP contribution in [0.15, 0.2) is 30.5 Å². The lowest BCUT2D eigenvalue weighted by atomic mass is 10.0. The van der Waals surface area contributed by atoms with Crippen molar-refractivity contribution < 1.29 is 4.79 Å². The van der Waals surface area contributed by atoms with E-state index in [1.165, 1.54) is 12.1 Å². The van der Waals surface area contributed by atoms with Crippen molar-refractivity contribution in [1.29, 1.82) is 0 Å². The molecule has 0 bridgehead atoms. The van der Waals surface area contributed by atoms with Crippen molar-refractivity contribution in [3.05, 3.63) is 35.5 Å². The summed E-state index contributed by atoms with van der Waals surface area (Å²) in [7, 11) is 0. The Bertz CT molecular complexity index is 819. The van der Waals surface area contributed by atoms with E-state index in [1.54, 1.807) is 0 Å². The molecule has 5 nitrogen and oxygen atoms in total. The molecule has 0 aliphatic carbocycles. The monoisotopic (exact) mass is 386 g/mol. The average Bonchev–Trinajstić information content (AvgIpc) is 2.68. The van der Waals surface area contributed by atoms with Crippen LogP contribution in [0.3, 0.4) is 0 Å². The Hall–Kier alpha value is -1.85. The number of carbonyl (C=O) groups excluding carboxylic acids is 1. The van der Waals surface area contributed by atoms with Crippen LogP contribution in [0.2, 0.25) is 5.02 Å². The summed E-state index contributed by atoms with van der Waals surface area (Å²) in [6.45, 7) is 7.30. The molecule has 3 heterocycles. The molecule has 2 fully saturated rings. The molecular weight excluding hydrogens is 360 g/mol. The van der Waals surface area contributed by atoms with E-state index < -0.39 is 0 Å². The lowest BCUT2D eigenvalue weighted by Crippen LogP contribution is -2.52. The van der Waals surface area contributed by atoms with E-state index >= 15 is 0 Å². The van der Waals surface area contributed by atoms with Gasteiger partial charge in [0, 0.05) is 61.1 Å². The van der Waals surface area contributed by atoms with E-state index in [0.717, 1.165) is 56.5 Å². The van der Waals surface area contributed by atoms with E-state index in [1.807, 2.05) is 24.4 Å². The summed E-state index contributed by atoms with van der Waals surface area (Å²) < 4.78 is 0. The van der Waals surface area contributed by atoms with Crippen molar-refractivity contribution in [2.75, 3.05) is 44.2 Å². The van der Waals surface area contributed by atoms with Gasteiger partial charge in [0.15, 0.2) is 0 Å². The summed E-state index contributed by atoms with van der Waals surface area (Å²) >= 11 is 6.10. The van der Waals surface area contributed by atoms with Gasteiger partial charge >= 0.3 is 0 Å². The van der Waals surface area contributed by atoms with Crippen molar-refractivity contribution in [1.82, 2.24) is 14.8 Å². The lowest BCUT2D eigenvalue weighted by Gasteiger charge is -2.39. The number of anilines is 1. The first-order chi connectivity index (χ1) is 13.1. The van der Waals surface area contributed by atoms with Crippen molar-refractivity contribution >= 4 is 34.1 Å². The molecule has 1 unspecified atom stereocenters. The number of piperazine rings is 1. The lowest BCUT2D eigenvalue weighted by molar-refractivity contribution is -0.135. The zero-order valence-corrected chi connectivity index (χ0v) is 16.7. The molecule has 2 aliphatic rings. The van der Waals surface area contributed by atoms with Crippen molar-refractivity contribution in [2.45, 2.75) is 32.2 Å². The summed E-state index contributed by atoms with van der Waals surface area (Å²) in [4.78, 5) is 23.9. The highest BCUT2D eigenvalue weighted by Crippen LogP contribution is 2.28. The van der Waals surface area contributed by atoms with Crippen LogP contribution in [0.1, 0.15) is 26.2 Å². The Morgan fingerprint density at radius 3 is 2.74 bits per heavy atom. The zero-order valence-electron chi connectivity index (χ0n) is 15.9. The van der Waals surface area contributed by atoms with Crippen LogP contribution in [0.4, 0.5) is 5.69 Å². The summed E-state index contributed by atoms with van der Waals surface area (Å²) in [6.07, 6.45) is 5.37. The van der Waals surface area contributed by atoms with Gasteiger partial charge in [0.1, 0.15) is 0 Å². The van der Waals surface area contributed by atoms with Gasteiger partial charge in [0.2, 0.25) is 5.91 Å². The standard InChI is InChI=1S/C21H27ClN4O/c1-16-4-2-3-9-26(16)21(27)15-24-10-12-25(13-11-24)20-7-8-23-19-14-17(22)5-6-18(19)20/h5-8,14,16H,2-4,9-13,15H2,1H3. The van der Waals surface area contributed by atoms with E-state index in [4.69, 9.17) is 11.6 Å². The molecule has 1 atom stereocenters. The first-order valence-corrected chi connectivity index (χ1v) is 10.3. The van der Waals surface area contributed by atoms with Crippen molar-refractivity contribution in [2.24, 2.45) is 0 Å². The Balaban J connectivity index is 1.39. The molecule has 27 heavy (non-hydrogen) atoms. The number of carbonyl (C=O) groups is 1. The number of aromatic nitrogens is 1. The maximum absolute atomic E-state index is 12.7. The highest BCUT2D eigenvalue weighted by Gasteiger charge is 2.26. The third-order valence-corrected chi connectivity index (χ3v) is 6.11. The van der Waals surface area contributed by atoms with Gasteiger partial charge in [-0.25, -0.2) is 0 Å². The number of rotatable bonds is 3. The van der Waals surface area contributed by atoms with Gasteiger partial charge in [-0.2, -0.15) is 0 Å². The molecule has 2 aliphatic heterocycles. The quantitative estimate of drug-likeness (QED) is 0.810. The molecule has 2 saturated heterocycles. The molecule has 0 spiro atoms. The van der Waals surface area contributed by atoms with Crippen LogP contribution in [0.25, 0.3) is 10.9 Å². The van der Waals surface area contributed by atoms with E-state index in [0.29, 0.717) is 23.5 Å². The number of halogens is 1. The third kappa shape index (κ3) is 4.04. The minimum atomic E-state index is 0.291. The van der Waals surface area contributed by atoms with E-state index in [-0.39, 0.29) is 0 Å². The maximum atomic E-state index is 12.7. The minimum absolute atomic E-state index is 0.291. The van der Waals surface area contributed by atoms with E-state index in [9.17, 15) is 4.79 Å². The molecule has 0 saturated carbocycles. The Morgan fingerprint density at radius 2 is 1.96 bits per heavy atom. The fraction of sp³-hybridized carbons (Fsp3) is 0.524. The first kappa shape index (κ1) is 18.5. The zero-order chi connectivity index (χ0) is 18.8. The van der Waals surface area contributed by atoms with Crippen LogP contribution in [0.5, 0.6) is 0 Å². The summed E-state index contributed by atoms with van der Waals surface area (Å²) in [5, 5.41) is 1.84. The number of pyridine rings is 1. The number of hydrogen-bond donors (Lipinski definition) is 0. The Kier molecular flexibility index (Phi) is 5.50. The predicted molar refractivity (Wildman–Crippen MR) is 110 cm³/mol. The fourth-order valence-electron chi connectivity index (χ4n) is 4.28. The smallest absolute Gasteiger partial charge is 0.236 e. The van der Waals surface area contributed by atoms with Gasteiger partial charge in [-0.05, 0) is 50.5 Å². The van der Waals surface area contributed by atoms with Crippen LogP contribution in [-0.4, -0.2) is 66.0 Å². The molecule has 2 aromatic rings. The normalized spacial score (nSPS) is 21.6. The molecular formula is C21H27ClN4O. The van der Waals surface area contributed by atoms with Gasteiger partial charge in [0.25, 0.3) is 0 Å². The molecule has 0 radical (unpaired) electrons. The minimum Gasteiger partial charge on any atom is -0.368 e. The molecule has 6 heteroatoms. The van der Waals surface area contributed by atoms with Gasteiger partial charge in [-0.3, -0.25) is 14.7 Å². The van der Waals surface area contributed by atoms with Gasteiger partial charge < -0.3 is 9.80 Å². The molecule has 1 aromatic heterocycles. The summed E-state index contributed by atoms with van der Waals surface area (Å²) in [5.41, 5.74) is 2.13. The van der Waals surface area contributed by atoms with Crippen molar-refractivity contribution in [3.63, 3.8) is 0 Å². The number of amides is 1. The molecule has 1 amide bonds. The first-order valence-electron chi connectivity index (χ1n) is 9.93. The fourth-order valence-corrected chi connectivity index (χ4v) is 4.45. The van der Waals surface area contributed by atoms with Gasteiger partial charge in [-0.15, -0.1) is 0 Å². The van der Waals surface area contributed by atoms with Crippen LogP contribution in [0, 0.1) is 0 Å². The molecule has 1 aromatic carbocycles. The maximum Gasteiger partial charge on any atom is 0.236 e. The van der Waals surface area contributed by atoms with Gasteiger partial charge in [-0.1, -0.05) is 11.6 Å². The van der Waals surface area contributed by atoms with Crippen LogP contribution >= 0.6 is 11.6 Å².